The third kappa shape index (κ3) is 2.37. The monoisotopic (exact) mass is 254 g/mol. The number of nitrogen functional groups attached to an aromatic ring is 1. The standard InChI is InChI=1S/C8H6F4N2O3/c9-7(10,11)8(12,14(15)16)17-6-4-2-1-3-5(6)13/h1-4H,13H2. The van der Waals surface area contributed by atoms with Crippen molar-refractivity contribution in [1.82, 2.24) is 0 Å². The highest BCUT2D eigenvalue weighted by molar-refractivity contribution is 5.51. The maximum atomic E-state index is 13.2. The van der Waals surface area contributed by atoms with Gasteiger partial charge in [-0.15, -0.1) is 4.39 Å². The van der Waals surface area contributed by atoms with Crippen LogP contribution in [0.4, 0.5) is 23.2 Å². The first-order valence-corrected chi connectivity index (χ1v) is 4.12. The average molecular weight is 254 g/mol. The summed E-state index contributed by atoms with van der Waals surface area (Å²) in [6.07, 6.45) is -5.82. The molecule has 0 radical (unpaired) electrons. The molecule has 0 aliphatic heterocycles. The number of para-hydroxylation sites is 2. The van der Waals surface area contributed by atoms with Crippen molar-refractivity contribution >= 4 is 5.69 Å². The summed E-state index contributed by atoms with van der Waals surface area (Å²) in [5.74, 6) is -5.79. The van der Waals surface area contributed by atoms with Crippen molar-refractivity contribution in [1.29, 1.82) is 0 Å². The predicted octanol–water partition coefficient (Wildman–Crippen LogP) is 2.11. The zero-order valence-electron chi connectivity index (χ0n) is 8.07. The fraction of sp³-hybridized carbons (Fsp3) is 0.250. The van der Waals surface area contributed by atoms with Crippen LogP contribution < -0.4 is 10.5 Å². The summed E-state index contributed by atoms with van der Waals surface area (Å²) >= 11 is 0. The molecule has 0 aliphatic carbocycles. The fourth-order valence-corrected chi connectivity index (χ4v) is 0.918. The molecule has 2 N–H and O–H groups in total. The second-order valence-corrected chi connectivity index (χ2v) is 2.96. The second-order valence-electron chi connectivity index (χ2n) is 2.96. The number of hydrogen-bond acceptors (Lipinski definition) is 4. The zero-order chi connectivity index (χ0) is 13.3. The third-order valence-electron chi connectivity index (χ3n) is 1.75. The average Bonchev–Trinajstić information content (AvgIpc) is 2.19. The highest BCUT2D eigenvalue weighted by Crippen LogP contribution is 2.38. The van der Waals surface area contributed by atoms with Crippen molar-refractivity contribution in [3.63, 3.8) is 0 Å². The molecule has 1 aromatic carbocycles. The molecule has 1 rings (SSSR count). The number of rotatable bonds is 3. The third-order valence-corrected chi connectivity index (χ3v) is 1.75. The van der Waals surface area contributed by atoms with Crippen molar-refractivity contribution in [2.75, 3.05) is 5.73 Å². The molecule has 5 nitrogen and oxygen atoms in total. The Morgan fingerprint density at radius 3 is 2.18 bits per heavy atom. The van der Waals surface area contributed by atoms with Gasteiger partial charge in [0, 0.05) is 0 Å². The van der Waals surface area contributed by atoms with Crippen LogP contribution in [0.2, 0.25) is 0 Å². The summed E-state index contributed by atoms with van der Waals surface area (Å²) in [6, 6.07) is 4.55. The summed E-state index contributed by atoms with van der Waals surface area (Å²) in [5.41, 5.74) is 4.84. The van der Waals surface area contributed by atoms with E-state index in [0.29, 0.717) is 0 Å². The van der Waals surface area contributed by atoms with Gasteiger partial charge in [-0.05, 0) is 12.1 Å². The van der Waals surface area contributed by atoms with Gasteiger partial charge in [0.1, 0.15) is 4.92 Å². The topological polar surface area (TPSA) is 78.4 Å². The van der Waals surface area contributed by atoms with E-state index in [0.717, 1.165) is 12.1 Å². The van der Waals surface area contributed by atoms with Crippen molar-refractivity contribution in [2.45, 2.75) is 12.2 Å². The van der Waals surface area contributed by atoms with Crippen LogP contribution in [-0.2, 0) is 0 Å². The van der Waals surface area contributed by atoms with Crippen LogP contribution >= 0.6 is 0 Å². The first kappa shape index (κ1) is 13.0. The summed E-state index contributed by atoms with van der Waals surface area (Å²) in [7, 11) is 0. The minimum atomic E-state index is -5.82. The van der Waals surface area contributed by atoms with Crippen LogP contribution in [0.5, 0.6) is 5.75 Å². The number of halogens is 4. The van der Waals surface area contributed by atoms with Crippen LogP contribution in [0, 0.1) is 10.1 Å². The number of anilines is 1. The van der Waals surface area contributed by atoms with Crippen LogP contribution in [0.1, 0.15) is 0 Å². The molecule has 9 heteroatoms. The van der Waals surface area contributed by atoms with Gasteiger partial charge in [0.05, 0.1) is 5.69 Å². The van der Waals surface area contributed by atoms with Crippen LogP contribution in [0.3, 0.4) is 0 Å². The number of nitrogens with zero attached hydrogens (tertiary/aromatic N) is 1. The minimum Gasteiger partial charge on any atom is -0.396 e. The van der Waals surface area contributed by atoms with Crippen molar-refractivity contribution < 1.29 is 27.2 Å². The summed E-state index contributed by atoms with van der Waals surface area (Å²) < 4.78 is 53.5. The molecule has 17 heavy (non-hydrogen) atoms. The van der Waals surface area contributed by atoms with E-state index in [9.17, 15) is 27.7 Å². The van der Waals surface area contributed by atoms with Crippen molar-refractivity contribution in [3.05, 3.63) is 34.4 Å². The number of nitro groups is 1. The van der Waals surface area contributed by atoms with Crippen LogP contribution in [0.25, 0.3) is 0 Å². The maximum Gasteiger partial charge on any atom is 0.618 e. The van der Waals surface area contributed by atoms with E-state index in [-0.39, 0.29) is 5.69 Å². The highest BCUT2D eigenvalue weighted by Gasteiger charge is 2.72. The van der Waals surface area contributed by atoms with Crippen LogP contribution in [0.15, 0.2) is 24.3 Å². The van der Waals surface area contributed by atoms with Gasteiger partial charge < -0.3 is 10.5 Å². The predicted molar refractivity (Wildman–Crippen MR) is 48.4 cm³/mol. The smallest absolute Gasteiger partial charge is 0.396 e. The van der Waals surface area contributed by atoms with Gasteiger partial charge in [-0.1, -0.05) is 12.1 Å². The normalized spacial score (nSPS) is 15.1. The molecule has 0 saturated carbocycles. The number of ether oxygens (including phenoxy) is 1. The lowest BCUT2D eigenvalue weighted by molar-refractivity contribution is -0.696. The lowest BCUT2D eigenvalue weighted by Gasteiger charge is -2.20. The first-order chi connectivity index (χ1) is 7.68. The maximum absolute atomic E-state index is 13.2. The molecule has 0 aromatic heterocycles. The van der Waals surface area contributed by atoms with E-state index in [1.54, 1.807) is 0 Å². The van der Waals surface area contributed by atoms with Crippen molar-refractivity contribution in [2.24, 2.45) is 0 Å². The Hall–Kier alpha value is -2.06. The molecule has 0 aliphatic rings. The van der Waals surface area contributed by atoms with Gasteiger partial charge in [0.25, 0.3) is 0 Å². The molecule has 1 aromatic rings. The SMILES string of the molecule is Nc1ccccc1OC(F)([N+](=O)[O-])C(F)(F)F. The molecule has 1 atom stereocenters. The molecule has 94 valence electrons. The van der Waals surface area contributed by atoms with E-state index in [2.05, 4.69) is 4.74 Å². The Morgan fingerprint density at radius 1 is 1.24 bits per heavy atom. The molecule has 0 bridgehead atoms. The summed E-state index contributed by atoms with van der Waals surface area (Å²) in [4.78, 5) is 7.92. The highest BCUT2D eigenvalue weighted by atomic mass is 19.4. The molecule has 0 fully saturated rings. The van der Waals surface area contributed by atoms with Gasteiger partial charge in [-0.25, -0.2) is 0 Å². The molecular formula is C8H6F4N2O3. The fourth-order valence-electron chi connectivity index (χ4n) is 0.918. The Labute approximate surface area is 91.9 Å². The largest absolute Gasteiger partial charge is 0.618 e. The van der Waals surface area contributed by atoms with Gasteiger partial charge >= 0.3 is 12.2 Å². The van der Waals surface area contributed by atoms with Crippen LogP contribution in [-0.4, -0.2) is 17.1 Å². The quantitative estimate of drug-likeness (QED) is 0.224. The van der Waals surface area contributed by atoms with E-state index in [1.807, 2.05) is 0 Å². The number of hydrogen-bond donors (Lipinski definition) is 1. The zero-order valence-corrected chi connectivity index (χ0v) is 8.07. The summed E-state index contributed by atoms with van der Waals surface area (Å²) in [5, 5.41) is 10.1. The molecule has 0 saturated heterocycles. The lowest BCUT2D eigenvalue weighted by atomic mass is 10.3. The molecule has 0 amide bonds. The van der Waals surface area contributed by atoms with E-state index >= 15 is 0 Å². The number of alkyl halides is 4. The van der Waals surface area contributed by atoms with E-state index in [4.69, 9.17) is 5.73 Å². The molecule has 0 heterocycles. The Balaban J connectivity index is 3.13. The number of nitrogens with two attached hydrogens (primary N) is 1. The van der Waals surface area contributed by atoms with E-state index < -0.39 is 22.8 Å². The second kappa shape index (κ2) is 4.07. The Kier molecular flexibility index (Phi) is 3.12. The van der Waals surface area contributed by atoms with Gasteiger partial charge in [-0.2, -0.15) is 13.2 Å². The Morgan fingerprint density at radius 2 is 1.76 bits per heavy atom. The minimum absolute atomic E-state index is 0.347. The van der Waals surface area contributed by atoms with Gasteiger partial charge in [0.15, 0.2) is 5.75 Å². The Bertz CT molecular complexity index is 437. The molecular weight excluding hydrogens is 248 g/mol. The molecule has 0 spiro atoms. The van der Waals surface area contributed by atoms with Crippen molar-refractivity contribution in [3.8, 4) is 5.75 Å². The van der Waals surface area contributed by atoms with Gasteiger partial charge in [-0.3, -0.25) is 10.1 Å². The van der Waals surface area contributed by atoms with E-state index in [1.165, 1.54) is 12.1 Å². The summed E-state index contributed by atoms with van der Waals surface area (Å²) in [6.45, 7) is 0. The van der Waals surface area contributed by atoms with Gasteiger partial charge in [0.2, 0.25) is 0 Å². The molecule has 1 unspecified atom stereocenters. The number of benzene rings is 1. The first-order valence-electron chi connectivity index (χ1n) is 4.12. The lowest BCUT2D eigenvalue weighted by Crippen LogP contribution is -2.52.